The van der Waals surface area contributed by atoms with Crippen molar-refractivity contribution >= 4 is 0 Å². The van der Waals surface area contributed by atoms with Crippen molar-refractivity contribution in [2.75, 3.05) is 33.7 Å². The summed E-state index contributed by atoms with van der Waals surface area (Å²) in [7, 11) is 4.36. The number of hydrogen-bond donors (Lipinski definition) is 0. The first kappa shape index (κ1) is 19.5. The van der Waals surface area contributed by atoms with Crippen LogP contribution in [0.25, 0.3) is 0 Å². The quantitative estimate of drug-likeness (QED) is 0.630. The Balaban J connectivity index is 0.000000220. The Labute approximate surface area is 139 Å². The normalized spacial score (nSPS) is 24.9. The Morgan fingerprint density at radius 1 is 0.773 bits per heavy atom. The molecule has 0 radical (unpaired) electrons. The molecule has 0 aromatic heterocycles. The van der Waals surface area contributed by atoms with Crippen LogP contribution in [0, 0.1) is 22.7 Å². The monoisotopic (exact) mass is 308 g/mol. The first-order valence-electron chi connectivity index (χ1n) is 9.07. The minimum atomic E-state index is 0.442. The molecular weight excluding hydrogens is 268 g/mol. The summed E-state index contributed by atoms with van der Waals surface area (Å²) in [6, 6.07) is 0. The standard InChI is InChI=1S/C10H21N.C10H19N/c2*1-10(2,3)9-5-7-11(4)8-6-9/h9H,5-8H2,1-4H3;5,7,9H,6,8H2,1-4H3. The molecule has 1 unspecified atom stereocenters. The Morgan fingerprint density at radius 2 is 1.32 bits per heavy atom. The molecule has 0 aliphatic carbocycles. The van der Waals surface area contributed by atoms with Gasteiger partial charge in [-0.2, -0.15) is 0 Å². The molecule has 2 heteroatoms. The van der Waals surface area contributed by atoms with Crippen molar-refractivity contribution in [2.45, 2.75) is 60.8 Å². The van der Waals surface area contributed by atoms with Crippen LogP contribution in [0.15, 0.2) is 12.3 Å². The van der Waals surface area contributed by atoms with Gasteiger partial charge in [0.1, 0.15) is 0 Å². The molecule has 2 rings (SSSR count). The van der Waals surface area contributed by atoms with Gasteiger partial charge < -0.3 is 9.80 Å². The molecule has 0 aromatic carbocycles. The Morgan fingerprint density at radius 3 is 1.68 bits per heavy atom. The fourth-order valence-corrected chi connectivity index (χ4v) is 3.36. The molecule has 2 aliphatic rings. The van der Waals surface area contributed by atoms with Crippen LogP contribution in [-0.4, -0.2) is 43.5 Å². The number of hydrogen-bond acceptors (Lipinski definition) is 2. The third-order valence-corrected chi connectivity index (χ3v) is 5.42. The Kier molecular flexibility index (Phi) is 6.98. The Hall–Kier alpha value is -0.500. The van der Waals surface area contributed by atoms with Crippen LogP contribution in [0.4, 0.5) is 0 Å². The zero-order valence-electron chi connectivity index (χ0n) is 16.4. The van der Waals surface area contributed by atoms with Gasteiger partial charge >= 0.3 is 0 Å². The third kappa shape index (κ3) is 6.73. The second-order valence-corrected chi connectivity index (χ2v) is 9.53. The largest absolute Gasteiger partial charge is 0.381 e. The highest BCUT2D eigenvalue weighted by Gasteiger charge is 2.27. The van der Waals surface area contributed by atoms with Gasteiger partial charge in [-0.15, -0.1) is 0 Å². The molecule has 130 valence electrons. The maximum absolute atomic E-state index is 2.43. The molecular formula is C20H40N2. The summed E-state index contributed by atoms with van der Waals surface area (Å²) in [5.74, 6) is 1.71. The first-order chi connectivity index (χ1) is 10.00. The fourth-order valence-electron chi connectivity index (χ4n) is 3.36. The van der Waals surface area contributed by atoms with Crippen LogP contribution in [-0.2, 0) is 0 Å². The van der Waals surface area contributed by atoms with E-state index >= 15 is 0 Å². The molecule has 0 spiro atoms. The van der Waals surface area contributed by atoms with E-state index in [0.717, 1.165) is 11.8 Å². The van der Waals surface area contributed by atoms with E-state index in [0.29, 0.717) is 10.8 Å². The van der Waals surface area contributed by atoms with E-state index in [-0.39, 0.29) is 0 Å². The van der Waals surface area contributed by atoms with Crippen molar-refractivity contribution in [1.82, 2.24) is 9.80 Å². The van der Waals surface area contributed by atoms with Gasteiger partial charge in [-0.1, -0.05) is 47.6 Å². The zero-order chi connectivity index (χ0) is 17.0. The van der Waals surface area contributed by atoms with Crippen LogP contribution in [0.5, 0.6) is 0 Å². The molecule has 0 bridgehead atoms. The van der Waals surface area contributed by atoms with Gasteiger partial charge in [0.2, 0.25) is 0 Å². The van der Waals surface area contributed by atoms with Gasteiger partial charge in [0.25, 0.3) is 0 Å². The van der Waals surface area contributed by atoms with E-state index in [1.807, 2.05) is 0 Å². The van der Waals surface area contributed by atoms with E-state index in [9.17, 15) is 0 Å². The molecule has 2 heterocycles. The molecule has 0 saturated carbocycles. The van der Waals surface area contributed by atoms with Gasteiger partial charge in [-0.05, 0) is 68.3 Å². The first-order valence-corrected chi connectivity index (χ1v) is 9.07. The summed E-state index contributed by atoms with van der Waals surface area (Å²) in [6.45, 7) is 17.8. The summed E-state index contributed by atoms with van der Waals surface area (Å²) in [6.07, 6.45) is 8.62. The fraction of sp³-hybridized carbons (Fsp3) is 0.900. The number of rotatable bonds is 0. The van der Waals surface area contributed by atoms with Gasteiger partial charge in [0.15, 0.2) is 0 Å². The van der Waals surface area contributed by atoms with E-state index < -0.39 is 0 Å². The molecule has 0 N–H and O–H groups in total. The molecule has 1 atom stereocenters. The summed E-state index contributed by atoms with van der Waals surface area (Å²) < 4.78 is 0. The molecule has 1 saturated heterocycles. The SMILES string of the molecule is CN1C=CC(C(C)(C)C)CC1.CN1CCC(C(C)(C)C)CC1. The van der Waals surface area contributed by atoms with Crippen molar-refractivity contribution in [3.8, 4) is 0 Å². The number of likely N-dealkylation sites (tertiary alicyclic amines) is 1. The summed E-state index contributed by atoms with van der Waals surface area (Å²) >= 11 is 0. The summed E-state index contributed by atoms with van der Waals surface area (Å²) in [4.78, 5) is 4.69. The second-order valence-electron chi connectivity index (χ2n) is 9.53. The second kappa shape index (κ2) is 7.86. The average Bonchev–Trinajstić information content (AvgIpc) is 2.38. The van der Waals surface area contributed by atoms with Crippen LogP contribution >= 0.6 is 0 Å². The smallest absolute Gasteiger partial charge is 0.0174 e. The lowest BCUT2D eigenvalue weighted by Crippen LogP contribution is -2.35. The lowest BCUT2D eigenvalue weighted by Gasteiger charge is -2.37. The Bertz CT molecular complexity index is 338. The topological polar surface area (TPSA) is 6.48 Å². The molecule has 22 heavy (non-hydrogen) atoms. The van der Waals surface area contributed by atoms with E-state index in [1.165, 1.54) is 38.9 Å². The highest BCUT2D eigenvalue weighted by Crippen LogP contribution is 2.33. The third-order valence-electron chi connectivity index (χ3n) is 5.42. The van der Waals surface area contributed by atoms with Crippen LogP contribution in [0.2, 0.25) is 0 Å². The lowest BCUT2D eigenvalue weighted by molar-refractivity contribution is 0.129. The number of nitrogens with zero attached hydrogens (tertiary/aromatic N) is 2. The van der Waals surface area contributed by atoms with Gasteiger partial charge in [-0.25, -0.2) is 0 Å². The summed E-state index contributed by atoms with van der Waals surface area (Å²) in [5, 5.41) is 0. The molecule has 2 aliphatic heterocycles. The van der Waals surface area contributed by atoms with Crippen LogP contribution in [0.1, 0.15) is 60.8 Å². The van der Waals surface area contributed by atoms with E-state index in [1.54, 1.807) is 0 Å². The molecule has 2 nitrogen and oxygen atoms in total. The maximum Gasteiger partial charge on any atom is 0.0174 e. The zero-order valence-corrected chi connectivity index (χ0v) is 16.4. The van der Waals surface area contributed by atoms with Gasteiger partial charge in [0, 0.05) is 13.6 Å². The van der Waals surface area contributed by atoms with Crippen molar-refractivity contribution < 1.29 is 0 Å². The number of piperidine rings is 1. The van der Waals surface area contributed by atoms with Crippen LogP contribution in [0.3, 0.4) is 0 Å². The number of allylic oxidation sites excluding steroid dienone is 1. The van der Waals surface area contributed by atoms with Crippen LogP contribution < -0.4 is 0 Å². The van der Waals surface area contributed by atoms with Gasteiger partial charge in [0.05, 0.1) is 0 Å². The minimum absolute atomic E-state index is 0.442. The molecule has 0 aromatic rings. The molecule has 0 amide bonds. The van der Waals surface area contributed by atoms with Crippen molar-refractivity contribution in [2.24, 2.45) is 22.7 Å². The molecule has 1 fully saturated rings. The minimum Gasteiger partial charge on any atom is -0.381 e. The van der Waals surface area contributed by atoms with E-state index in [4.69, 9.17) is 0 Å². The lowest BCUT2D eigenvalue weighted by atomic mass is 9.75. The van der Waals surface area contributed by atoms with Gasteiger partial charge in [-0.3, -0.25) is 0 Å². The summed E-state index contributed by atoms with van der Waals surface area (Å²) in [5.41, 5.74) is 0.971. The predicted molar refractivity (Wildman–Crippen MR) is 99.0 cm³/mol. The van der Waals surface area contributed by atoms with Crippen molar-refractivity contribution in [1.29, 1.82) is 0 Å². The van der Waals surface area contributed by atoms with E-state index in [2.05, 4.69) is 77.7 Å². The highest BCUT2D eigenvalue weighted by atomic mass is 15.1. The predicted octanol–water partition coefficient (Wildman–Crippen LogP) is 4.87. The van der Waals surface area contributed by atoms with Crippen molar-refractivity contribution in [3.05, 3.63) is 12.3 Å². The maximum atomic E-state index is 2.43. The van der Waals surface area contributed by atoms with Crippen molar-refractivity contribution in [3.63, 3.8) is 0 Å². The highest BCUT2D eigenvalue weighted by molar-refractivity contribution is 4.97. The average molecular weight is 309 g/mol.